The lowest BCUT2D eigenvalue weighted by Crippen LogP contribution is -2.37. The first-order valence-corrected chi connectivity index (χ1v) is 8.32. The quantitative estimate of drug-likeness (QED) is 0.913. The van der Waals surface area contributed by atoms with E-state index in [-0.39, 0.29) is 6.04 Å². The Bertz CT molecular complexity index is 510. The predicted octanol–water partition coefficient (Wildman–Crippen LogP) is 2.22. The summed E-state index contributed by atoms with van der Waals surface area (Å²) in [6, 6.07) is 7.60. The third kappa shape index (κ3) is 2.75. The van der Waals surface area contributed by atoms with Crippen LogP contribution in [0.15, 0.2) is 24.3 Å². The van der Waals surface area contributed by atoms with Gasteiger partial charge in [0, 0.05) is 6.04 Å². The van der Waals surface area contributed by atoms with E-state index in [2.05, 4.69) is 6.92 Å². The molecule has 1 aromatic rings. The van der Waals surface area contributed by atoms with Crippen LogP contribution in [0.5, 0.6) is 0 Å². The number of rotatable bonds is 3. The molecule has 0 aromatic heterocycles. The van der Waals surface area contributed by atoms with E-state index in [1.165, 1.54) is 5.56 Å². The first kappa shape index (κ1) is 13.6. The van der Waals surface area contributed by atoms with Crippen LogP contribution >= 0.6 is 0 Å². The van der Waals surface area contributed by atoms with Crippen LogP contribution in [0, 0.1) is 0 Å². The normalized spacial score (nSPS) is 24.7. The smallest absolute Gasteiger partial charge is 0.155 e. The summed E-state index contributed by atoms with van der Waals surface area (Å²) in [5.74, 6) is 0.291. The Hall–Kier alpha value is -0.870. The molecule has 1 aliphatic heterocycles. The van der Waals surface area contributed by atoms with E-state index in [9.17, 15) is 8.42 Å². The fraction of sp³-hybridized carbons (Fsp3) is 0.571. The van der Waals surface area contributed by atoms with Crippen molar-refractivity contribution in [1.29, 1.82) is 0 Å². The predicted molar refractivity (Wildman–Crippen MR) is 74.2 cm³/mol. The SMILES string of the molecule is CCc1cccc(C(N)C2CCCCS2(=O)=O)c1. The Balaban J connectivity index is 2.26. The van der Waals surface area contributed by atoms with Gasteiger partial charge in [0.1, 0.15) is 0 Å². The molecule has 0 saturated carbocycles. The molecule has 0 aliphatic carbocycles. The molecular weight excluding hydrogens is 246 g/mol. The van der Waals surface area contributed by atoms with Crippen molar-refractivity contribution in [2.75, 3.05) is 5.75 Å². The first-order chi connectivity index (χ1) is 8.54. The highest BCUT2D eigenvalue weighted by molar-refractivity contribution is 7.92. The number of hydrogen-bond donors (Lipinski definition) is 1. The van der Waals surface area contributed by atoms with Gasteiger partial charge in [-0.1, -0.05) is 37.6 Å². The van der Waals surface area contributed by atoms with Gasteiger partial charge >= 0.3 is 0 Å². The standard InChI is InChI=1S/C14H21NO2S/c1-2-11-6-5-7-12(10-11)14(15)13-8-3-4-9-18(13,16)17/h5-7,10,13-14H,2-4,8-9,15H2,1H3. The van der Waals surface area contributed by atoms with Crippen molar-refractivity contribution in [3.05, 3.63) is 35.4 Å². The van der Waals surface area contributed by atoms with E-state index in [0.717, 1.165) is 24.8 Å². The minimum atomic E-state index is -3.02. The van der Waals surface area contributed by atoms with Gasteiger partial charge in [-0.15, -0.1) is 0 Å². The second-order valence-electron chi connectivity index (χ2n) is 5.03. The summed E-state index contributed by atoms with van der Waals surface area (Å²) >= 11 is 0. The minimum Gasteiger partial charge on any atom is -0.323 e. The van der Waals surface area contributed by atoms with E-state index >= 15 is 0 Å². The zero-order valence-electron chi connectivity index (χ0n) is 10.8. The van der Waals surface area contributed by atoms with Crippen molar-refractivity contribution in [2.24, 2.45) is 5.73 Å². The summed E-state index contributed by atoms with van der Waals surface area (Å²) < 4.78 is 24.1. The number of nitrogens with two attached hydrogens (primary N) is 1. The molecule has 2 rings (SSSR count). The molecule has 4 heteroatoms. The van der Waals surface area contributed by atoms with Crippen LogP contribution in [0.4, 0.5) is 0 Å². The molecule has 1 aromatic carbocycles. The van der Waals surface area contributed by atoms with Gasteiger partial charge < -0.3 is 5.73 Å². The number of aryl methyl sites for hydroxylation is 1. The molecule has 2 N–H and O–H groups in total. The summed E-state index contributed by atoms with van der Waals surface area (Å²) in [5, 5.41) is -0.404. The summed E-state index contributed by atoms with van der Waals surface area (Å²) in [7, 11) is -3.02. The van der Waals surface area contributed by atoms with Crippen molar-refractivity contribution in [3.63, 3.8) is 0 Å². The molecule has 3 nitrogen and oxygen atoms in total. The molecule has 0 radical (unpaired) electrons. The van der Waals surface area contributed by atoms with E-state index in [4.69, 9.17) is 5.73 Å². The fourth-order valence-corrected chi connectivity index (χ4v) is 4.66. The molecule has 0 spiro atoms. The molecule has 18 heavy (non-hydrogen) atoms. The average molecular weight is 267 g/mol. The van der Waals surface area contributed by atoms with Crippen LogP contribution in [0.2, 0.25) is 0 Å². The monoisotopic (exact) mass is 267 g/mol. The van der Waals surface area contributed by atoms with Crippen LogP contribution in [-0.4, -0.2) is 19.4 Å². The number of benzene rings is 1. The summed E-state index contributed by atoms with van der Waals surface area (Å²) in [4.78, 5) is 0. The molecule has 2 unspecified atom stereocenters. The second kappa shape index (κ2) is 5.41. The molecule has 1 fully saturated rings. The Morgan fingerprint density at radius 3 is 2.83 bits per heavy atom. The van der Waals surface area contributed by atoms with E-state index in [1.54, 1.807) is 0 Å². The molecule has 100 valence electrons. The van der Waals surface area contributed by atoms with Gasteiger partial charge in [0.25, 0.3) is 0 Å². The van der Waals surface area contributed by atoms with Gasteiger partial charge in [-0.3, -0.25) is 0 Å². The highest BCUT2D eigenvalue weighted by Gasteiger charge is 2.34. The third-order valence-corrected chi connectivity index (χ3v) is 6.08. The first-order valence-electron chi connectivity index (χ1n) is 6.60. The summed E-state index contributed by atoms with van der Waals surface area (Å²) in [5.41, 5.74) is 8.34. The Labute approximate surface area is 109 Å². The van der Waals surface area contributed by atoms with Gasteiger partial charge in [-0.25, -0.2) is 8.42 Å². The van der Waals surface area contributed by atoms with Crippen LogP contribution in [-0.2, 0) is 16.3 Å². The minimum absolute atomic E-state index is 0.291. The molecule has 1 saturated heterocycles. The van der Waals surface area contributed by atoms with Crippen molar-refractivity contribution < 1.29 is 8.42 Å². The fourth-order valence-electron chi connectivity index (χ4n) is 2.62. The van der Waals surface area contributed by atoms with E-state index < -0.39 is 15.1 Å². The van der Waals surface area contributed by atoms with Crippen molar-refractivity contribution in [3.8, 4) is 0 Å². The maximum absolute atomic E-state index is 12.1. The molecule has 0 bridgehead atoms. The lowest BCUT2D eigenvalue weighted by molar-refractivity contribution is 0.504. The Morgan fingerprint density at radius 1 is 1.39 bits per heavy atom. The molecule has 0 amide bonds. The summed E-state index contributed by atoms with van der Waals surface area (Å²) in [6.07, 6.45) is 3.38. The molecule has 1 heterocycles. The largest absolute Gasteiger partial charge is 0.323 e. The van der Waals surface area contributed by atoms with Crippen LogP contribution in [0.3, 0.4) is 0 Å². The van der Waals surface area contributed by atoms with Crippen LogP contribution in [0.25, 0.3) is 0 Å². The molecule has 1 aliphatic rings. The van der Waals surface area contributed by atoms with Crippen LogP contribution in [0.1, 0.15) is 43.4 Å². The lowest BCUT2D eigenvalue weighted by Gasteiger charge is -2.28. The van der Waals surface area contributed by atoms with Crippen molar-refractivity contribution >= 4 is 9.84 Å². The highest BCUT2D eigenvalue weighted by Crippen LogP contribution is 2.29. The Morgan fingerprint density at radius 2 is 2.17 bits per heavy atom. The Kier molecular flexibility index (Phi) is 4.07. The average Bonchev–Trinajstić information content (AvgIpc) is 2.37. The van der Waals surface area contributed by atoms with Gasteiger partial charge in [0.15, 0.2) is 9.84 Å². The van der Waals surface area contributed by atoms with Crippen molar-refractivity contribution in [2.45, 2.75) is 43.9 Å². The second-order valence-corrected chi connectivity index (χ2v) is 7.37. The van der Waals surface area contributed by atoms with E-state index in [1.807, 2.05) is 24.3 Å². The zero-order valence-corrected chi connectivity index (χ0v) is 11.6. The topological polar surface area (TPSA) is 60.2 Å². The number of sulfone groups is 1. The van der Waals surface area contributed by atoms with Crippen LogP contribution < -0.4 is 5.73 Å². The maximum atomic E-state index is 12.1. The molecular formula is C14H21NO2S. The van der Waals surface area contributed by atoms with Crippen molar-refractivity contribution in [1.82, 2.24) is 0 Å². The zero-order chi connectivity index (χ0) is 13.2. The van der Waals surface area contributed by atoms with Gasteiger partial charge in [0.2, 0.25) is 0 Å². The maximum Gasteiger partial charge on any atom is 0.155 e. The van der Waals surface area contributed by atoms with Gasteiger partial charge in [0.05, 0.1) is 11.0 Å². The lowest BCUT2D eigenvalue weighted by atomic mass is 9.98. The highest BCUT2D eigenvalue weighted by atomic mass is 32.2. The van der Waals surface area contributed by atoms with Gasteiger partial charge in [-0.2, -0.15) is 0 Å². The van der Waals surface area contributed by atoms with Gasteiger partial charge in [-0.05, 0) is 30.4 Å². The van der Waals surface area contributed by atoms with E-state index in [0.29, 0.717) is 12.2 Å². The number of hydrogen-bond acceptors (Lipinski definition) is 3. The molecule has 2 atom stereocenters. The summed E-state index contributed by atoms with van der Waals surface area (Å²) in [6.45, 7) is 2.09. The third-order valence-electron chi connectivity index (χ3n) is 3.77.